The monoisotopic (exact) mass is 156 g/mol. The second kappa shape index (κ2) is 3.15. The van der Waals surface area contributed by atoms with E-state index in [1.807, 2.05) is 0 Å². The Balaban J connectivity index is 2.55. The second-order valence-corrected chi connectivity index (χ2v) is 3.81. The molecule has 0 saturated carbocycles. The van der Waals surface area contributed by atoms with Crippen molar-refractivity contribution in [3.63, 3.8) is 0 Å². The van der Waals surface area contributed by atoms with E-state index in [0.29, 0.717) is 18.5 Å². The molecule has 0 bridgehead atoms. The van der Waals surface area contributed by atoms with E-state index in [0.717, 1.165) is 6.42 Å². The molecule has 0 aromatic carbocycles. The molecule has 1 aliphatic rings. The Hall–Kier alpha value is -0.0151. The third-order valence-electron chi connectivity index (χ3n) is 2.63. The van der Waals surface area contributed by atoms with Crippen molar-refractivity contribution in [2.75, 3.05) is 13.7 Å². The molecule has 1 heterocycles. The molecule has 1 fully saturated rings. The fourth-order valence-electron chi connectivity index (χ4n) is 1.83. The smallest absolute Gasteiger partial charge is 0.139 e. The summed E-state index contributed by atoms with van der Waals surface area (Å²) in [7, 11) is 3.85. The summed E-state index contributed by atoms with van der Waals surface area (Å²) < 4.78 is 10.9. The minimum absolute atomic E-state index is 0.0475. The first-order valence-electron chi connectivity index (χ1n) is 4.25. The quantitative estimate of drug-likeness (QED) is 0.539. The fraction of sp³-hybridized carbons (Fsp3) is 1.00. The van der Waals surface area contributed by atoms with Gasteiger partial charge in [-0.05, 0) is 19.3 Å². The van der Waals surface area contributed by atoms with Gasteiger partial charge in [0.2, 0.25) is 0 Å². The molecule has 0 aromatic heterocycles. The van der Waals surface area contributed by atoms with Crippen molar-refractivity contribution in [3.8, 4) is 0 Å². The molecule has 1 rings (SSSR count). The molecule has 11 heavy (non-hydrogen) atoms. The zero-order valence-corrected chi connectivity index (χ0v) is 7.89. The zero-order valence-electron chi connectivity index (χ0n) is 7.89. The molecule has 0 unspecified atom stereocenters. The minimum atomic E-state index is -0.0475. The van der Waals surface area contributed by atoms with Gasteiger partial charge >= 0.3 is 0 Å². The van der Waals surface area contributed by atoms with Crippen molar-refractivity contribution in [1.82, 2.24) is 0 Å². The molecule has 0 aliphatic carbocycles. The maximum absolute atomic E-state index is 5.78. The number of hydrogen-bond acceptors (Lipinski definition) is 2. The second-order valence-electron chi connectivity index (χ2n) is 3.81. The lowest BCUT2D eigenvalue weighted by atomic mass is 9.87. The SMILES string of the molecule is B[C@H]1C[C@H](C)[C@@](C)(COC)O1. The molecule has 0 N–H and O–H groups in total. The predicted molar refractivity (Wildman–Crippen MR) is 47.5 cm³/mol. The van der Waals surface area contributed by atoms with E-state index in [1.165, 1.54) is 0 Å². The van der Waals surface area contributed by atoms with Crippen LogP contribution in [0.1, 0.15) is 20.3 Å². The van der Waals surface area contributed by atoms with Crippen molar-refractivity contribution in [2.24, 2.45) is 5.92 Å². The van der Waals surface area contributed by atoms with Gasteiger partial charge in [0.05, 0.1) is 12.2 Å². The highest BCUT2D eigenvalue weighted by atomic mass is 16.5. The number of hydrogen-bond donors (Lipinski definition) is 0. The molecule has 0 amide bonds. The first kappa shape index (κ1) is 9.08. The molecule has 3 atom stereocenters. The van der Waals surface area contributed by atoms with Gasteiger partial charge in [-0.3, -0.25) is 0 Å². The Bertz CT molecular complexity index is 140. The van der Waals surface area contributed by atoms with E-state index >= 15 is 0 Å². The molecule has 1 saturated heterocycles. The maximum atomic E-state index is 5.78. The van der Waals surface area contributed by atoms with Gasteiger partial charge in [-0.1, -0.05) is 6.92 Å². The highest BCUT2D eigenvalue weighted by Crippen LogP contribution is 2.34. The average molecular weight is 156 g/mol. The van der Waals surface area contributed by atoms with Gasteiger partial charge in [0, 0.05) is 13.1 Å². The standard InChI is InChI=1S/C8H17BO2/c1-6-4-7(9)11-8(6,2)5-10-3/h6-7H,4-5,9H2,1-3H3/t6-,7+,8+/m0/s1. The van der Waals surface area contributed by atoms with Crippen LogP contribution in [-0.4, -0.2) is 33.2 Å². The molecular formula is C8H17BO2. The van der Waals surface area contributed by atoms with E-state index in [1.54, 1.807) is 7.11 Å². The topological polar surface area (TPSA) is 18.5 Å². The number of methoxy groups -OCH3 is 1. The molecule has 1 aliphatic heterocycles. The van der Waals surface area contributed by atoms with E-state index in [4.69, 9.17) is 9.47 Å². The lowest BCUT2D eigenvalue weighted by Gasteiger charge is -2.27. The summed E-state index contributed by atoms with van der Waals surface area (Å²) in [4.78, 5) is 0. The van der Waals surface area contributed by atoms with E-state index in [9.17, 15) is 0 Å². The highest BCUT2D eigenvalue weighted by molar-refractivity contribution is 6.11. The number of ether oxygens (including phenoxy) is 2. The Morgan fingerprint density at radius 2 is 2.36 bits per heavy atom. The Labute approximate surface area is 69.7 Å². The third-order valence-corrected chi connectivity index (χ3v) is 2.63. The van der Waals surface area contributed by atoms with Gasteiger partial charge in [0.15, 0.2) is 0 Å². The van der Waals surface area contributed by atoms with Gasteiger partial charge in [-0.15, -0.1) is 0 Å². The van der Waals surface area contributed by atoms with Crippen molar-refractivity contribution < 1.29 is 9.47 Å². The highest BCUT2D eigenvalue weighted by Gasteiger charge is 2.40. The Morgan fingerprint density at radius 3 is 2.73 bits per heavy atom. The van der Waals surface area contributed by atoms with Crippen molar-refractivity contribution >= 4 is 7.85 Å². The lowest BCUT2D eigenvalue weighted by Crippen LogP contribution is -2.35. The van der Waals surface area contributed by atoms with Crippen molar-refractivity contribution in [1.29, 1.82) is 0 Å². The van der Waals surface area contributed by atoms with Crippen LogP contribution in [0, 0.1) is 5.92 Å². The van der Waals surface area contributed by atoms with Crippen LogP contribution in [0.5, 0.6) is 0 Å². The van der Waals surface area contributed by atoms with Crippen LogP contribution in [0.25, 0.3) is 0 Å². The summed E-state index contributed by atoms with van der Waals surface area (Å²) in [6.45, 7) is 5.06. The molecule has 3 heteroatoms. The average Bonchev–Trinajstić information content (AvgIpc) is 2.08. The van der Waals surface area contributed by atoms with Gasteiger partial charge in [-0.2, -0.15) is 0 Å². The predicted octanol–water partition coefficient (Wildman–Crippen LogP) is 0.407. The van der Waals surface area contributed by atoms with E-state index < -0.39 is 0 Å². The number of rotatable bonds is 2. The van der Waals surface area contributed by atoms with Crippen LogP contribution in [0.15, 0.2) is 0 Å². The maximum Gasteiger partial charge on any atom is 0.139 e. The van der Waals surface area contributed by atoms with E-state index in [2.05, 4.69) is 21.7 Å². The summed E-state index contributed by atoms with van der Waals surface area (Å²) in [5.41, 5.74) is -0.0475. The fourth-order valence-corrected chi connectivity index (χ4v) is 1.83. The Kier molecular flexibility index (Phi) is 2.60. The summed E-state index contributed by atoms with van der Waals surface area (Å²) >= 11 is 0. The first-order chi connectivity index (χ1) is 5.08. The summed E-state index contributed by atoms with van der Waals surface area (Å²) in [5.74, 6) is 0.609. The van der Waals surface area contributed by atoms with Crippen molar-refractivity contribution in [2.45, 2.75) is 31.9 Å². The van der Waals surface area contributed by atoms with Gasteiger partial charge in [0.25, 0.3) is 0 Å². The summed E-state index contributed by atoms with van der Waals surface area (Å²) in [5, 5.41) is 0. The van der Waals surface area contributed by atoms with Crippen molar-refractivity contribution in [3.05, 3.63) is 0 Å². The minimum Gasteiger partial charge on any atom is -0.382 e. The van der Waals surface area contributed by atoms with Crippen LogP contribution >= 0.6 is 0 Å². The molecule has 64 valence electrons. The molecule has 0 aromatic rings. The van der Waals surface area contributed by atoms with Gasteiger partial charge in [0.1, 0.15) is 7.85 Å². The Morgan fingerprint density at radius 1 is 1.73 bits per heavy atom. The van der Waals surface area contributed by atoms with Crippen LogP contribution in [0.3, 0.4) is 0 Å². The van der Waals surface area contributed by atoms with Gasteiger partial charge < -0.3 is 9.47 Å². The zero-order chi connectivity index (χ0) is 8.48. The first-order valence-corrected chi connectivity index (χ1v) is 4.25. The summed E-state index contributed by atoms with van der Waals surface area (Å²) in [6.07, 6.45) is 1.15. The normalized spacial score (nSPS) is 44.6. The molecule has 2 nitrogen and oxygen atoms in total. The third kappa shape index (κ3) is 1.77. The van der Waals surface area contributed by atoms with Crippen LogP contribution in [0.2, 0.25) is 0 Å². The van der Waals surface area contributed by atoms with E-state index in [-0.39, 0.29) is 5.60 Å². The largest absolute Gasteiger partial charge is 0.382 e. The van der Waals surface area contributed by atoms with Crippen LogP contribution in [0.4, 0.5) is 0 Å². The molecule has 0 spiro atoms. The van der Waals surface area contributed by atoms with Gasteiger partial charge in [-0.25, -0.2) is 0 Å². The van der Waals surface area contributed by atoms with Crippen LogP contribution in [-0.2, 0) is 9.47 Å². The molecular weight excluding hydrogens is 139 g/mol. The van der Waals surface area contributed by atoms with Crippen LogP contribution < -0.4 is 0 Å². The lowest BCUT2D eigenvalue weighted by molar-refractivity contribution is -0.0660. The summed E-state index contributed by atoms with van der Waals surface area (Å²) in [6, 6.07) is 0.394. The molecule has 0 radical (unpaired) electrons.